The molecule has 0 aliphatic heterocycles. The second-order valence-corrected chi connectivity index (χ2v) is 5.00. The first-order chi connectivity index (χ1) is 8.45. The molecule has 102 valence electrons. The lowest BCUT2D eigenvalue weighted by molar-refractivity contribution is -0.110. The number of nitrogens with zero attached hydrogens (tertiary/aromatic N) is 3. The van der Waals surface area contributed by atoms with Crippen LogP contribution in [0.1, 0.15) is 24.7 Å². The molecule has 0 radical (unpaired) electrons. The van der Waals surface area contributed by atoms with E-state index in [0.717, 1.165) is 12.8 Å². The Hall–Kier alpha value is -0.830. The van der Waals surface area contributed by atoms with Gasteiger partial charge in [0.25, 0.3) is 0 Å². The highest BCUT2D eigenvalue weighted by molar-refractivity contribution is 7.99. The summed E-state index contributed by atoms with van der Waals surface area (Å²) in [7, 11) is 0. The first kappa shape index (κ1) is 13.6. The number of hydrogen-bond acceptors (Lipinski definition) is 4. The van der Waals surface area contributed by atoms with Crippen molar-refractivity contribution in [1.82, 2.24) is 14.8 Å². The molecule has 9 heteroatoms. The zero-order chi connectivity index (χ0) is 13.3. The Bertz CT molecular complexity index is 419. The summed E-state index contributed by atoms with van der Waals surface area (Å²) in [5.74, 6) is -4.53. The van der Waals surface area contributed by atoms with Crippen LogP contribution in [0.25, 0.3) is 0 Å². The molecule has 1 aromatic heterocycles. The van der Waals surface area contributed by atoms with E-state index in [0.29, 0.717) is 17.6 Å². The molecule has 0 spiro atoms. The first-order valence-electron chi connectivity index (χ1n) is 5.38. The van der Waals surface area contributed by atoms with Crippen molar-refractivity contribution in [2.75, 3.05) is 5.75 Å². The van der Waals surface area contributed by atoms with Gasteiger partial charge in [-0.2, -0.15) is 8.78 Å². The number of alkyl halides is 4. The zero-order valence-electron chi connectivity index (χ0n) is 9.32. The monoisotopic (exact) mass is 284 g/mol. The van der Waals surface area contributed by atoms with Crippen molar-refractivity contribution in [3.05, 3.63) is 5.82 Å². The van der Waals surface area contributed by atoms with Crippen LogP contribution >= 0.6 is 11.8 Å². The number of thioether (sulfide) groups is 1. The van der Waals surface area contributed by atoms with Gasteiger partial charge in [-0.3, -0.25) is 0 Å². The molecule has 2 rings (SSSR count). The Kier molecular flexibility index (Phi) is 3.81. The molecule has 0 bridgehead atoms. The maximum atomic E-state index is 12.8. The Labute approximate surface area is 105 Å². The van der Waals surface area contributed by atoms with Crippen molar-refractivity contribution in [3.8, 4) is 0 Å². The average molecular weight is 284 g/mol. The minimum atomic E-state index is -4.02. The third kappa shape index (κ3) is 2.77. The van der Waals surface area contributed by atoms with Gasteiger partial charge in [-0.1, -0.05) is 11.8 Å². The van der Waals surface area contributed by atoms with Gasteiger partial charge in [-0.05, 0) is 12.8 Å². The van der Waals surface area contributed by atoms with Gasteiger partial charge in [0.05, 0.1) is 12.3 Å². The number of nitrogens with two attached hydrogens (primary N) is 1. The summed E-state index contributed by atoms with van der Waals surface area (Å²) in [6.45, 7) is 0.148. The van der Waals surface area contributed by atoms with Crippen LogP contribution in [-0.4, -0.2) is 32.9 Å². The molecule has 1 aromatic rings. The van der Waals surface area contributed by atoms with Crippen LogP contribution < -0.4 is 5.73 Å². The summed E-state index contributed by atoms with van der Waals surface area (Å²) in [4.78, 5) is 0. The quantitative estimate of drug-likeness (QED) is 0.642. The van der Waals surface area contributed by atoms with Gasteiger partial charge < -0.3 is 10.3 Å². The van der Waals surface area contributed by atoms with Crippen LogP contribution in [0.3, 0.4) is 0 Å². The molecule has 1 fully saturated rings. The molecule has 0 unspecified atom stereocenters. The largest absolute Gasteiger partial charge is 0.324 e. The molecule has 1 heterocycles. The number of hydrogen-bond donors (Lipinski definition) is 1. The van der Waals surface area contributed by atoms with E-state index < -0.39 is 18.1 Å². The lowest BCUT2D eigenvalue weighted by Gasteiger charge is -2.14. The maximum Gasteiger partial charge on any atom is 0.316 e. The summed E-state index contributed by atoms with van der Waals surface area (Å²) in [6.07, 6.45) is -1.86. The van der Waals surface area contributed by atoms with E-state index in [9.17, 15) is 17.6 Å². The molecule has 0 saturated heterocycles. The zero-order valence-corrected chi connectivity index (χ0v) is 10.1. The standard InChI is InChI=1S/C9H12F4N4S/c10-7(11)9(12,13)4-18-8-16-15-6(3-14)17(8)5-1-2-5/h5,7H,1-4,14H2. The molecule has 0 aromatic carbocycles. The van der Waals surface area contributed by atoms with Gasteiger partial charge in [0.15, 0.2) is 5.16 Å². The SMILES string of the molecule is NCc1nnc(SCC(F)(F)C(F)F)n1C1CC1. The summed E-state index contributed by atoms with van der Waals surface area (Å²) < 4.78 is 51.4. The van der Waals surface area contributed by atoms with Gasteiger partial charge in [0, 0.05) is 6.04 Å². The van der Waals surface area contributed by atoms with Crippen molar-refractivity contribution in [2.24, 2.45) is 5.73 Å². The average Bonchev–Trinajstić information content (AvgIpc) is 3.06. The van der Waals surface area contributed by atoms with Crippen molar-refractivity contribution >= 4 is 11.8 Å². The highest BCUT2D eigenvalue weighted by atomic mass is 32.2. The number of halogens is 4. The molecule has 0 amide bonds. The van der Waals surface area contributed by atoms with E-state index in [1.807, 2.05) is 0 Å². The Balaban J connectivity index is 2.08. The van der Waals surface area contributed by atoms with Gasteiger partial charge in [-0.25, -0.2) is 8.78 Å². The number of rotatable bonds is 6. The lowest BCUT2D eigenvalue weighted by Crippen LogP contribution is -2.29. The lowest BCUT2D eigenvalue weighted by atomic mass is 10.4. The first-order valence-corrected chi connectivity index (χ1v) is 6.37. The second-order valence-electron chi connectivity index (χ2n) is 4.05. The van der Waals surface area contributed by atoms with E-state index >= 15 is 0 Å². The Morgan fingerprint density at radius 2 is 2.06 bits per heavy atom. The van der Waals surface area contributed by atoms with Crippen LogP contribution in [0, 0.1) is 0 Å². The fourth-order valence-corrected chi connectivity index (χ4v) is 2.41. The van der Waals surface area contributed by atoms with E-state index in [-0.39, 0.29) is 17.7 Å². The molecule has 18 heavy (non-hydrogen) atoms. The third-order valence-corrected chi connectivity index (χ3v) is 3.61. The van der Waals surface area contributed by atoms with Gasteiger partial charge in [-0.15, -0.1) is 10.2 Å². The van der Waals surface area contributed by atoms with Gasteiger partial charge in [0.2, 0.25) is 0 Å². The van der Waals surface area contributed by atoms with E-state index in [2.05, 4.69) is 10.2 Å². The summed E-state index contributed by atoms with van der Waals surface area (Å²) in [5, 5.41) is 7.74. The van der Waals surface area contributed by atoms with Crippen LogP contribution in [0.15, 0.2) is 5.16 Å². The molecule has 1 aliphatic rings. The predicted molar refractivity (Wildman–Crippen MR) is 57.9 cm³/mol. The van der Waals surface area contributed by atoms with E-state index in [4.69, 9.17) is 5.73 Å². The second kappa shape index (κ2) is 5.04. The summed E-state index contributed by atoms with van der Waals surface area (Å²) in [5.41, 5.74) is 5.46. The fraction of sp³-hybridized carbons (Fsp3) is 0.778. The predicted octanol–water partition coefficient (Wildman–Crippen LogP) is 2.06. The van der Waals surface area contributed by atoms with Crippen LogP contribution in [0.5, 0.6) is 0 Å². The molecular weight excluding hydrogens is 272 g/mol. The van der Waals surface area contributed by atoms with Crippen LogP contribution in [0.4, 0.5) is 17.6 Å². The van der Waals surface area contributed by atoms with Crippen molar-refractivity contribution in [2.45, 2.75) is 42.9 Å². The summed E-state index contributed by atoms with van der Waals surface area (Å²) >= 11 is 0.591. The fourth-order valence-electron chi connectivity index (χ4n) is 1.47. The van der Waals surface area contributed by atoms with Crippen LogP contribution in [-0.2, 0) is 6.54 Å². The molecule has 2 N–H and O–H groups in total. The van der Waals surface area contributed by atoms with Gasteiger partial charge >= 0.3 is 12.3 Å². The highest BCUT2D eigenvalue weighted by Crippen LogP contribution is 2.39. The molecule has 1 aliphatic carbocycles. The van der Waals surface area contributed by atoms with Crippen molar-refractivity contribution < 1.29 is 17.6 Å². The van der Waals surface area contributed by atoms with E-state index in [1.54, 1.807) is 4.57 Å². The van der Waals surface area contributed by atoms with Gasteiger partial charge in [0.1, 0.15) is 5.82 Å². The Morgan fingerprint density at radius 3 is 2.56 bits per heavy atom. The molecule has 4 nitrogen and oxygen atoms in total. The normalized spacial score (nSPS) is 16.6. The smallest absolute Gasteiger partial charge is 0.316 e. The molecule has 1 saturated carbocycles. The minimum Gasteiger partial charge on any atom is -0.324 e. The number of aromatic nitrogens is 3. The molecule has 0 atom stereocenters. The van der Waals surface area contributed by atoms with Crippen molar-refractivity contribution in [1.29, 1.82) is 0 Å². The van der Waals surface area contributed by atoms with Crippen molar-refractivity contribution in [3.63, 3.8) is 0 Å². The Morgan fingerprint density at radius 1 is 1.39 bits per heavy atom. The summed E-state index contributed by atoms with van der Waals surface area (Å²) in [6, 6.07) is 0.168. The third-order valence-electron chi connectivity index (χ3n) is 2.54. The topological polar surface area (TPSA) is 56.7 Å². The molecular formula is C9H12F4N4S. The van der Waals surface area contributed by atoms with E-state index in [1.165, 1.54) is 0 Å². The minimum absolute atomic E-state index is 0.148. The maximum absolute atomic E-state index is 12.8. The van der Waals surface area contributed by atoms with Crippen LogP contribution in [0.2, 0.25) is 0 Å². The highest BCUT2D eigenvalue weighted by Gasteiger charge is 2.41.